The number of rotatable bonds is 6. The van der Waals surface area contributed by atoms with E-state index < -0.39 is 9.84 Å². The molecule has 2 rings (SSSR count). The van der Waals surface area contributed by atoms with Gasteiger partial charge in [0.15, 0.2) is 9.84 Å². The molecule has 3 atom stereocenters. The van der Waals surface area contributed by atoms with Crippen molar-refractivity contribution in [2.75, 3.05) is 5.75 Å². The molecule has 0 spiro atoms. The molecular formula is C17H27NO2S. The van der Waals surface area contributed by atoms with Crippen molar-refractivity contribution in [1.29, 1.82) is 0 Å². The van der Waals surface area contributed by atoms with Crippen LogP contribution in [0.15, 0.2) is 30.3 Å². The van der Waals surface area contributed by atoms with Crippen LogP contribution in [0.5, 0.6) is 0 Å². The Hall–Kier alpha value is -0.870. The van der Waals surface area contributed by atoms with Crippen molar-refractivity contribution in [3.8, 4) is 0 Å². The first kappa shape index (κ1) is 16.5. The van der Waals surface area contributed by atoms with Crippen molar-refractivity contribution >= 4 is 9.84 Å². The van der Waals surface area contributed by atoms with Crippen LogP contribution in [-0.2, 0) is 9.84 Å². The standard InChI is InChI=1S/C17H27NO2S/c1-2-3-7-12-21(19,20)17-13-15(10-11-16(17)18)14-8-5-4-6-9-14/h4-6,8-9,15-17H,2-3,7,10-13,18H2,1H3. The van der Waals surface area contributed by atoms with Gasteiger partial charge in [-0.1, -0.05) is 50.1 Å². The third-order valence-corrected chi connectivity index (χ3v) is 6.93. The molecule has 0 aromatic heterocycles. The second-order valence-electron chi connectivity index (χ2n) is 6.20. The summed E-state index contributed by atoms with van der Waals surface area (Å²) in [7, 11) is -3.07. The summed E-state index contributed by atoms with van der Waals surface area (Å²) in [5, 5.41) is -0.367. The molecule has 3 unspecified atom stereocenters. The fourth-order valence-electron chi connectivity index (χ4n) is 3.30. The van der Waals surface area contributed by atoms with Gasteiger partial charge in [0.25, 0.3) is 0 Å². The minimum Gasteiger partial charge on any atom is -0.327 e. The lowest BCUT2D eigenvalue weighted by Crippen LogP contribution is -2.45. The molecule has 118 valence electrons. The van der Waals surface area contributed by atoms with Crippen molar-refractivity contribution < 1.29 is 8.42 Å². The zero-order valence-electron chi connectivity index (χ0n) is 12.9. The van der Waals surface area contributed by atoms with Crippen molar-refractivity contribution in [3.05, 3.63) is 35.9 Å². The Morgan fingerprint density at radius 2 is 1.86 bits per heavy atom. The van der Waals surface area contributed by atoms with Crippen LogP contribution in [0.1, 0.15) is 56.9 Å². The molecule has 1 aliphatic rings. The first-order valence-electron chi connectivity index (χ1n) is 8.06. The van der Waals surface area contributed by atoms with Crippen molar-refractivity contribution in [3.63, 3.8) is 0 Å². The molecular weight excluding hydrogens is 282 g/mol. The second kappa shape index (κ2) is 7.41. The highest BCUT2D eigenvalue weighted by Crippen LogP contribution is 2.35. The maximum absolute atomic E-state index is 12.6. The van der Waals surface area contributed by atoms with Crippen LogP contribution >= 0.6 is 0 Å². The lowest BCUT2D eigenvalue weighted by molar-refractivity contribution is 0.390. The van der Waals surface area contributed by atoms with Crippen molar-refractivity contribution in [1.82, 2.24) is 0 Å². The smallest absolute Gasteiger partial charge is 0.154 e. The molecule has 1 saturated carbocycles. The van der Waals surface area contributed by atoms with Gasteiger partial charge in [-0.15, -0.1) is 0 Å². The molecule has 3 nitrogen and oxygen atoms in total. The van der Waals surface area contributed by atoms with Gasteiger partial charge in [-0.25, -0.2) is 8.42 Å². The molecule has 0 amide bonds. The lowest BCUT2D eigenvalue weighted by atomic mass is 9.82. The molecule has 0 heterocycles. The van der Waals surface area contributed by atoms with E-state index >= 15 is 0 Å². The van der Waals surface area contributed by atoms with E-state index in [9.17, 15) is 8.42 Å². The van der Waals surface area contributed by atoms with E-state index in [1.807, 2.05) is 18.2 Å². The molecule has 1 aliphatic carbocycles. The van der Waals surface area contributed by atoms with Crippen LogP contribution in [-0.4, -0.2) is 25.5 Å². The number of unbranched alkanes of at least 4 members (excludes halogenated alkanes) is 2. The van der Waals surface area contributed by atoms with Crippen LogP contribution in [0.4, 0.5) is 0 Å². The van der Waals surface area contributed by atoms with Crippen molar-refractivity contribution in [2.24, 2.45) is 5.73 Å². The zero-order valence-corrected chi connectivity index (χ0v) is 13.7. The summed E-state index contributed by atoms with van der Waals surface area (Å²) in [5.74, 6) is 0.623. The first-order valence-corrected chi connectivity index (χ1v) is 9.78. The van der Waals surface area contributed by atoms with Gasteiger partial charge in [-0.3, -0.25) is 0 Å². The number of hydrogen-bond acceptors (Lipinski definition) is 3. The predicted molar refractivity (Wildman–Crippen MR) is 88.1 cm³/mol. The van der Waals surface area contributed by atoms with Gasteiger partial charge in [-0.2, -0.15) is 0 Å². The summed E-state index contributed by atoms with van der Waals surface area (Å²) < 4.78 is 25.1. The lowest BCUT2D eigenvalue weighted by Gasteiger charge is -2.34. The summed E-state index contributed by atoms with van der Waals surface area (Å²) in [6.45, 7) is 2.09. The Morgan fingerprint density at radius 1 is 1.14 bits per heavy atom. The molecule has 1 aromatic carbocycles. The summed E-state index contributed by atoms with van der Waals surface area (Å²) in [5.41, 5.74) is 7.38. The van der Waals surface area contributed by atoms with Gasteiger partial charge in [0.05, 0.1) is 11.0 Å². The van der Waals surface area contributed by atoms with Crippen LogP contribution in [0.3, 0.4) is 0 Å². The largest absolute Gasteiger partial charge is 0.327 e. The molecule has 0 saturated heterocycles. The van der Waals surface area contributed by atoms with Crippen LogP contribution in [0.25, 0.3) is 0 Å². The Bertz CT molecular complexity index is 527. The highest BCUT2D eigenvalue weighted by molar-refractivity contribution is 7.92. The van der Waals surface area contributed by atoms with E-state index in [1.54, 1.807) is 0 Å². The molecule has 2 N–H and O–H groups in total. The maximum Gasteiger partial charge on any atom is 0.154 e. The minimum atomic E-state index is -3.07. The topological polar surface area (TPSA) is 60.2 Å². The summed E-state index contributed by atoms with van der Waals surface area (Å²) in [6.07, 6.45) is 5.25. The van der Waals surface area contributed by atoms with Crippen molar-refractivity contribution in [2.45, 2.75) is 62.7 Å². The molecule has 0 aliphatic heterocycles. The quantitative estimate of drug-likeness (QED) is 0.821. The number of hydrogen-bond donors (Lipinski definition) is 1. The number of sulfone groups is 1. The van der Waals surface area contributed by atoms with Gasteiger partial charge in [0.1, 0.15) is 0 Å². The van der Waals surface area contributed by atoms with E-state index in [0.29, 0.717) is 18.1 Å². The Labute approximate surface area is 128 Å². The van der Waals surface area contributed by atoms with E-state index in [0.717, 1.165) is 32.1 Å². The SMILES string of the molecule is CCCCCS(=O)(=O)C1CC(c2ccccc2)CCC1N. The normalized spacial score (nSPS) is 26.7. The fourth-order valence-corrected chi connectivity index (χ4v) is 5.40. The molecule has 0 bridgehead atoms. The molecule has 21 heavy (non-hydrogen) atoms. The molecule has 4 heteroatoms. The average Bonchev–Trinajstić information content (AvgIpc) is 2.48. The van der Waals surface area contributed by atoms with E-state index in [2.05, 4.69) is 19.1 Å². The highest BCUT2D eigenvalue weighted by Gasteiger charge is 2.37. The van der Waals surface area contributed by atoms with Gasteiger partial charge >= 0.3 is 0 Å². The summed E-state index contributed by atoms with van der Waals surface area (Å²) in [4.78, 5) is 0. The summed E-state index contributed by atoms with van der Waals surface area (Å²) in [6, 6.07) is 10.0. The number of nitrogens with two attached hydrogens (primary N) is 1. The van der Waals surface area contributed by atoms with E-state index in [4.69, 9.17) is 5.73 Å². The maximum atomic E-state index is 12.6. The Morgan fingerprint density at radius 3 is 2.52 bits per heavy atom. The molecule has 1 aromatic rings. The van der Waals surface area contributed by atoms with Gasteiger partial charge in [0.2, 0.25) is 0 Å². The Kier molecular flexibility index (Phi) is 5.82. The first-order chi connectivity index (χ1) is 10.0. The summed E-state index contributed by atoms with van der Waals surface area (Å²) >= 11 is 0. The third kappa shape index (κ3) is 4.30. The fraction of sp³-hybridized carbons (Fsp3) is 0.647. The second-order valence-corrected chi connectivity index (χ2v) is 8.54. The highest BCUT2D eigenvalue weighted by atomic mass is 32.2. The molecule has 1 fully saturated rings. The van der Waals surface area contributed by atoms with E-state index in [-0.39, 0.29) is 11.3 Å². The van der Waals surface area contributed by atoms with Crippen LogP contribution in [0.2, 0.25) is 0 Å². The monoisotopic (exact) mass is 309 g/mol. The third-order valence-electron chi connectivity index (χ3n) is 4.61. The van der Waals surface area contributed by atoms with Gasteiger partial charge in [0, 0.05) is 6.04 Å². The Balaban J connectivity index is 2.07. The number of benzene rings is 1. The molecule has 0 radical (unpaired) electrons. The predicted octanol–water partition coefficient (Wildman–Crippen LogP) is 3.26. The van der Waals surface area contributed by atoms with Crippen LogP contribution < -0.4 is 5.73 Å². The van der Waals surface area contributed by atoms with Gasteiger partial charge < -0.3 is 5.73 Å². The zero-order chi connectivity index (χ0) is 15.3. The average molecular weight is 309 g/mol. The van der Waals surface area contributed by atoms with E-state index in [1.165, 1.54) is 5.56 Å². The van der Waals surface area contributed by atoms with Crippen LogP contribution in [0, 0.1) is 0 Å². The minimum absolute atomic E-state index is 0.198. The van der Waals surface area contributed by atoms with Gasteiger partial charge in [-0.05, 0) is 37.2 Å².